The highest BCUT2D eigenvalue weighted by atomic mass is 16.5. The van der Waals surface area contributed by atoms with Crippen LogP contribution in [0.15, 0.2) is 0 Å². The van der Waals surface area contributed by atoms with Crippen LogP contribution in [0.25, 0.3) is 0 Å². The highest BCUT2D eigenvalue weighted by Crippen LogP contribution is 2.20. The molecule has 3 atom stereocenters. The van der Waals surface area contributed by atoms with Gasteiger partial charge in [-0.2, -0.15) is 0 Å². The Morgan fingerprint density at radius 1 is 1.44 bits per heavy atom. The summed E-state index contributed by atoms with van der Waals surface area (Å²) in [5.41, 5.74) is 0. The van der Waals surface area contributed by atoms with Gasteiger partial charge < -0.3 is 20.1 Å². The van der Waals surface area contributed by atoms with Crippen LogP contribution in [0.4, 0.5) is 0 Å². The fraction of sp³-hybridized carbons (Fsp3) is 0.923. The quantitative estimate of drug-likeness (QED) is 0.745. The molecule has 2 saturated heterocycles. The van der Waals surface area contributed by atoms with E-state index in [0.29, 0.717) is 6.61 Å². The fourth-order valence-corrected chi connectivity index (χ4v) is 2.73. The van der Waals surface area contributed by atoms with E-state index in [2.05, 4.69) is 17.1 Å². The first kappa shape index (κ1) is 13.8. The Kier molecular flexibility index (Phi) is 4.59. The number of carbonyl (C=O) groups is 1. The van der Waals surface area contributed by atoms with Crippen molar-refractivity contribution in [1.29, 1.82) is 0 Å². The zero-order valence-electron chi connectivity index (χ0n) is 11.3. The summed E-state index contributed by atoms with van der Waals surface area (Å²) < 4.78 is 5.60. The molecular weight excluding hydrogens is 232 g/mol. The largest absolute Gasteiger partial charge is 0.388 e. The molecule has 5 heteroatoms. The van der Waals surface area contributed by atoms with Crippen LogP contribution in [0.3, 0.4) is 0 Å². The number of hydrogen-bond donors (Lipinski definition) is 2. The monoisotopic (exact) mass is 256 g/mol. The van der Waals surface area contributed by atoms with E-state index in [1.165, 1.54) is 19.8 Å². The first-order valence-corrected chi connectivity index (χ1v) is 6.85. The maximum absolute atomic E-state index is 11.0. The SMILES string of the molecule is CC(=O)NC1COC(CN2CCC(C)CC2)C1O. The van der Waals surface area contributed by atoms with Crippen LogP contribution in [0.1, 0.15) is 26.7 Å². The number of carbonyl (C=O) groups excluding carboxylic acids is 1. The van der Waals surface area contributed by atoms with Crippen LogP contribution >= 0.6 is 0 Å². The molecule has 2 fully saturated rings. The van der Waals surface area contributed by atoms with E-state index in [1.807, 2.05) is 0 Å². The van der Waals surface area contributed by atoms with Crippen molar-refractivity contribution in [2.45, 2.75) is 44.9 Å². The van der Waals surface area contributed by atoms with E-state index in [0.717, 1.165) is 25.6 Å². The number of nitrogens with one attached hydrogen (secondary N) is 1. The van der Waals surface area contributed by atoms with Crippen molar-refractivity contribution in [3.05, 3.63) is 0 Å². The second-order valence-corrected chi connectivity index (χ2v) is 5.65. The highest BCUT2D eigenvalue weighted by molar-refractivity contribution is 5.73. The molecule has 2 heterocycles. The second-order valence-electron chi connectivity index (χ2n) is 5.65. The van der Waals surface area contributed by atoms with E-state index < -0.39 is 6.10 Å². The molecular formula is C13H24N2O3. The van der Waals surface area contributed by atoms with Gasteiger partial charge in [-0.15, -0.1) is 0 Å². The summed E-state index contributed by atoms with van der Waals surface area (Å²) in [7, 11) is 0. The van der Waals surface area contributed by atoms with Gasteiger partial charge in [-0.3, -0.25) is 4.79 Å². The summed E-state index contributed by atoms with van der Waals surface area (Å²) in [6.07, 6.45) is 1.68. The van der Waals surface area contributed by atoms with E-state index in [-0.39, 0.29) is 18.1 Å². The zero-order chi connectivity index (χ0) is 13.1. The van der Waals surface area contributed by atoms with Gasteiger partial charge in [0.15, 0.2) is 0 Å². The lowest BCUT2D eigenvalue weighted by Gasteiger charge is -2.32. The minimum absolute atomic E-state index is 0.116. The van der Waals surface area contributed by atoms with Crippen LogP contribution in [0, 0.1) is 5.92 Å². The molecule has 3 unspecified atom stereocenters. The van der Waals surface area contributed by atoms with E-state index in [9.17, 15) is 9.90 Å². The number of rotatable bonds is 3. The summed E-state index contributed by atoms with van der Waals surface area (Å²) in [5, 5.41) is 12.8. The number of nitrogens with zero attached hydrogens (tertiary/aromatic N) is 1. The number of likely N-dealkylation sites (tertiary alicyclic amines) is 1. The summed E-state index contributed by atoms with van der Waals surface area (Å²) in [6, 6.07) is -0.254. The minimum atomic E-state index is -0.590. The number of ether oxygens (including phenoxy) is 1. The summed E-state index contributed by atoms with van der Waals surface area (Å²) >= 11 is 0. The van der Waals surface area contributed by atoms with Crippen molar-refractivity contribution in [2.24, 2.45) is 5.92 Å². The van der Waals surface area contributed by atoms with Gasteiger partial charge in [0.2, 0.25) is 5.91 Å². The lowest BCUT2D eigenvalue weighted by molar-refractivity contribution is -0.120. The van der Waals surface area contributed by atoms with Crippen LogP contribution in [0.2, 0.25) is 0 Å². The Morgan fingerprint density at radius 2 is 2.11 bits per heavy atom. The molecule has 1 amide bonds. The van der Waals surface area contributed by atoms with Crippen LogP contribution in [-0.2, 0) is 9.53 Å². The fourth-order valence-electron chi connectivity index (χ4n) is 2.73. The molecule has 0 spiro atoms. The van der Waals surface area contributed by atoms with Gasteiger partial charge in [0, 0.05) is 13.5 Å². The Morgan fingerprint density at radius 3 is 2.72 bits per heavy atom. The van der Waals surface area contributed by atoms with Gasteiger partial charge in [0.25, 0.3) is 0 Å². The number of aliphatic hydroxyl groups excluding tert-OH is 1. The molecule has 0 aromatic carbocycles. The van der Waals surface area contributed by atoms with E-state index >= 15 is 0 Å². The topological polar surface area (TPSA) is 61.8 Å². The maximum atomic E-state index is 11.0. The van der Waals surface area contributed by atoms with Crippen molar-refractivity contribution in [2.75, 3.05) is 26.2 Å². The average molecular weight is 256 g/mol. The molecule has 2 aliphatic heterocycles. The minimum Gasteiger partial charge on any atom is -0.388 e. The first-order valence-electron chi connectivity index (χ1n) is 6.85. The third kappa shape index (κ3) is 3.43. The van der Waals surface area contributed by atoms with Crippen LogP contribution in [0.5, 0.6) is 0 Å². The molecule has 0 aromatic heterocycles. The van der Waals surface area contributed by atoms with Gasteiger partial charge in [-0.1, -0.05) is 6.92 Å². The molecule has 0 radical (unpaired) electrons. The van der Waals surface area contributed by atoms with Gasteiger partial charge in [0.1, 0.15) is 6.10 Å². The van der Waals surface area contributed by atoms with Crippen molar-refractivity contribution in [3.8, 4) is 0 Å². The third-order valence-electron chi connectivity index (χ3n) is 3.99. The number of aliphatic hydroxyl groups is 1. The Bertz CT molecular complexity index is 290. The van der Waals surface area contributed by atoms with Gasteiger partial charge in [-0.25, -0.2) is 0 Å². The molecule has 2 aliphatic rings. The molecule has 2 N–H and O–H groups in total. The third-order valence-corrected chi connectivity index (χ3v) is 3.99. The first-order chi connectivity index (χ1) is 8.56. The number of hydrogen-bond acceptors (Lipinski definition) is 4. The molecule has 18 heavy (non-hydrogen) atoms. The maximum Gasteiger partial charge on any atom is 0.217 e. The molecule has 2 rings (SSSR count). The smallest absolute Gasteiger partial charge is 0.217 e. The number of amides is 1. The average Bonchev–Trinajstić information content (AvgIpc) is 2.64. The summed E-state index contributed by atoms with van der Waals surface area (Å²) in [4.78, 5) is 13.3. The molecule has 104 valence electrons. The molecule has 0 aliphatic carbocycles. The van der Waals surface area contributed by atoms with Crippen LogP contribution < -0.4 is 5.32 Å². The van der Waals surface area contributed by atoms with E-state index in [4.69, 9.17) is 4.74 Å². The predicted molar refractivity (Wildman–Crippen MR) is 68.2 cm³/mol. The Labute approximate surface area is 108 Å². The lowest BCUT2D eigenvalue weighted by Crippen LogP contribution is -2.47. The van der Waals surface area contributed by atoms with Gasteiger partial charge >= 0.3 is 0 Å². The summed E-state index contributed by atoms with van der Waals surface area (Å²) in [5.74, 6) is 0.692. The molecule has 0 bridgehead atoms. The van der Waals surface area contributed by atoms with Crippen molar-refractivity contribution < 1.29 is 14.6 Å². The second kappa shape index (κ2) is 5.99. The standard InChI is InChI=1S/C13H24N2O3/c1-9-3-5-15(6-4-9)7-12-13(17)11(8-18-12)14-10(2)16/h9,11-13,17H,3-8H2,1-2H3,(H,14,16). The number of piperidine rings is 1. The highest BCUT2D eigenvalue weighted by Gasteiger charge is 2.37. The predicted octanol–water partition coefficient (Wildman–Crippen LogP) is -0.0173. The molecule has 5 nitrogen and oxygen atoms in total. The molecule has 0 saturated carbocycles. The van der Waals surface area contributed by atoms with E-state index in [1.54, 1.807) is 0 Å². The summed E-state index contributed by atoms with van der Waals surface area (Å²) in [6.45, 7) is 7.09. The van der Waals surface area contributed by atoms with Crippen molar-refractivity contribution in [1.82, 2.24) is 10.2 Å². The van der Waals surface area contributed by atoms with Gasteiger partial charge in [-0.05, 0) is 31.8 Å². The van der Waals surface area contributed by atoms with Crippen LogP contribution in [-0.4, -0.2) is 60.4 Å². The zero-order valence-corrected chi connectivity index (χ0v) is 11.3. The van der Waals surface area contributed by atoms with Crippen molar-refractivity contribution in [3.63, 3.8) is 0 Å². The molecule has 0 aromatic rings. The lowest BCUT2D eigenvalue weighted by atomic mass is 9.98. The Balaban J connectivity index is 1.78. The Hall–Kier alpha value is -0.650. The van der Waals surface area contributed by atoms with Crippen molar-refractivity contribution >= 4 is 5.91 Å². The van der Waals surface area contributed by atoms with Gasteiger partial charge in [0.05, 0.1) is 18.8 Å². The normalized spacial score (nSPS) is 34.7.